The lowest BCUT2D eigenvalue weighted by Gasteiger charge is -2.29. The zero-order valence-electron chi connectivity index (χ0n) is 19.6. The van der Waals surface area contributed by atoms with Gasteiger partial charge in [0.05, 0.1) is 18.4 Å². The number of rotatable bonds is 7. The van der Waals surface area contributed by atoms with Crippen LogP contribution in [-0.4, -0.2) is 17.0 Å². The van der Waals surface area contributed by atoms with Crippen LogP contribution in [-0.2, 0) is 22.1 Å². The molecule has 1 aliphatic carbocycles. The molecule has 8 heteroatoms. The fraction of sp³-hybridized carbons (Fsp3) is 0.407. The van der Waals surface area contributed by atoms with E-state index in [-0.39, 0.29) is 24.0 Å². The van der Waals surface area contributed by atoms with E-state index in [0.29, 0.717) is 24.3 Å². The molecule has 5 nitrogen and oxygen atoms in total. The van der Waals surface area contributed by atoms with Gasteiger partial charge in [-0.05, 0) is 93.3 Å². The van der Waals surface area contributed by atoms with Crippen LogP contribution in [0, 0.1) is 5.92 Å². The minimum atomic E-state index is -4.43. The standard InChI is InChI=1S/C27H29F3N2O3/c1-18(31-26(33)24-9-2-3-15-34-24)20-11-13-22(14-12-20)35-23-8-4-6-19(17-23)16-21-7-5-10-25(32-21)27(28,29)30/h3,5,7,9-15,18-19,23H,2,4,6,8,16-17H2,1H3,(H,31,33). The minimum absolute atomic E-state index is 0.00553. The SMILES string of the molecule is CC(NC(=O)C1=CCC=CO1)c1ccc(OC2CCCC(Cc3cccc(C(F)(F)F)n3)C2)cc1. The molecule has 2 heterocycles. The van der Waals surface area contributed by atoms with Crippen LogP contribution in [0.2, 0.25) is 0 Å². The van der Waals surface area contributed by atoms with Crippen LogP contribution in [0.1, 0.15) is 62.0 Å². The number of hydrogen-bond acceptors (Lipinski definition) is 4. The Hall–Kier alpha value is -3.29. The van der Waals surface area contributed by atoms with Crippen molar-refractivity contribution >= 4 is 5.91 Å². The van der Waals surface area contributed by atoms with Gasteiger partial charge in [0.1, 0.15) is 11.4 Å². The van der Waals surface area contributed by atoms with Gasteiger partial charge in [0.2, 0.25) is 0 Å². The minimum Gasteiger partial charge on any atom is -0.490 e. The highest BCUT2D eigenvalue weighted by atomic mass is 19.4. The highest BCUT2D eigenvalue weighted by Crippen LogP contribution is 2.32. The molecule has 3 unspecified atom stereocenters. The molecule has 1 aromatic carbocycles. The maximum Gasteiger partial charge on any atom is 0.433 e. The van der Waals surface area contributed by atoms with Crippen LogP contribution in [0.3, 0.4) is 0 Å². The predicted molar refractivity (Wildman–Crippen MR) is 125 cm³/mol. The Morgan fingerprint density at radius 3 is 2.71 bits per heavy atom. The number of ether oxygens (including phenoxy) is 2. The van der Waals surface area contributed by atoms with E-state index in [2.05, 4.69) is 10.3 Å². The number of carbonyl (C=O) groups excluding carboxylic acids is 1. The molecule has 0 spiro atoms. The monoisotopic (exact) mass is 486 g/mol. The van der Waals surface area contributed by atoms with E-state index in [1.165, 1.54) is 12.3 Å². The number of nitrogens with zero attached hydrogens (tertiary/aromatic N) is 1. The van der Waals surface area contributed by atoms with Gasteiger partial charge < -0.3 is 14.8 Å². The number of nitrogens with one attached hydrogen (secondary N) is 1. The highest BCUT2D eigenvalue weighted by molar-refractivity contribution is 5.91. The van der Waals surface area contributed by atoms with E-state index >= 15 is 0 Å². The first-order valence-corrected chi connectivity index (χ1v) is 11.9. The van der Waals surface area contributed by atoms with Crippen molar-refractivity contribution in [1.29, 1.82) is 0 Å². The highest BCUT2D eigenvalue weighted by Gasteiger charge is 2.33. The predicted octanol–water partition coefficient (Wildman–Crippen LogP) is 6.28. The Morgan fingerprint density at radius 2 is 2.00 bits per heavy atom. The number of allylic oxidation sites excluding steroid dienone is 2. The van der Waals surface area contributed by atoms with Crippen LogP contribution >= 0.6 is 0 Å². The molecule has 1 N–H and O–H groups in total. The summed E-state index contributed by atoms with van der Waals surface area (Å²) in [7, 11) is 0. The Balaban J connectivity index is 1.30. The van der Waals surface area contributed by atoms with E-state index in [0.717, 1.165) is 43.1 Å². The molecule has 2 aromatic rings. The van der Waals surface area contributed by atoms with E-state index in [1.54, 1.807) is 12.1 Å². The molecule has 0 bridgehead atoms. The summed E-state index contributed by atoms with van der Waals surface area (Å²) in [4.78, 5) is 16.1. The third-order valence-electron chi connectivity index (χ3n) is 6.31. The molecule has 1 amide bonds. The molecule has 4 rings (SSSR count). The van der Waals surface area contributed by atoms with Crippen molar-refractivity contribution in [2.24, 2.45) is 5.92 Å². The van der Waals surface area contributed by atoms with Gasteiger partial charge in [-0.15, -0.1) is 0 Å². The second-order valence-electron chi connectivity index (χ2n) is 9.05. The van der Waals surface area contributed by atoms with Gasteiger partial charge in [0, 0.05) is 5.69 Å². The summed E-state index contributed by atoms with van der Waals surface area (Å²) >= 11 is 0. The maximum atomic E-state index is 13.0. The summed E-state index contributed by atoms with van der Waals surface area (Å²) < 4.78 is 50.3. The van der Waals surface area contributed by atoms with E-state index in [4.69, 9.17) is 9.47 Å². The Kier molecular flexibility index (Phi) is 7.78. The number of pyridine rings is 1. The molecule has 0 saturated heterocycles. The summed E-state index contributed by atoms with van der Waals surface area (Å²) in [6.45, 7) is 1.90. The van der Waals surface area contributed by atoms with Crippen molar-refractivity contribution in [2.75, 3.05) is 0 Å². The van der Waals surface area contributed by atoms with Crippen molar-refractivity contribution in [3.8, 4) is 5.75 Å². The number of halogens is 3. The largest absolute Gasteiger partial charge is 0.490 e. The molecule has 35 heavy (non-hydrogen) atoms. The molecule has 1 aliphatic heterocycles. The smallest absolute Gasteiger partial charge is 0.433 e. The first-order valence-electron chi connectivity index (χ1n) is 11.9. The number of alkyl halides is 3. The number of benzene rings is 1. The van der Waals surface area contributed by atoms with Gasteiger partial charge in [-0.25, -0.2) is 4.98 Å². The fourth-order valence-electron chi connectivity index (χ4n) is 4.51. The number of hydrogen-bond donors (Lipinski definition) is 1. The quantitative estimate of drug-likeness (QED) is 0.501. The molecular weight excluding hydrogens is 457 g/mol. The van der Waals surface area contributed by atoms with Gasteiger partial charge in [-0.1, -0.05) is 18.2 Å². The number of amides is 1. The van der Waals surface area contributed by atoms with Gasteiger partial charge >= 0.3 is 6.18 Å². The molecule has 3 atom stereocenters. The Morgan fingerprint density at radius 1 is 1.20 bits per heavy atom. The van der Waals surface area contributed by atoms with Crippen LogP contribution < -0.4 is 10.1 Å². The lowest BCUT2D eigenvalue weighted by Crippen LogP contribution is -2.29. The molecule has 1 fully saturated rings. The van der Waals surface area contributed by atoms with Gasteiger partial charge in [0.25, 0.3) is 5.91 Å². The summed E-state index contributed by atoms with van der Waals surface area (Å²) in [5, 5.41) is 2.93. The van der Waals surface area contributed by atoms with Gasteiger partial charge in [-0.2, -0.15) is 13.2 Å². The summed E-state index contributed by atoms with van der Waals surface area (Å²) in [5.41, 5.74) is 0.565. The van der Waals surface area contributed by atoms with Crippen LogP contribution in [0.5, 0.6) is 5.75 Å². The first kappa shape index (κ1) is 24.8. The van der Waals surface area contributed by atoms with Crippen molar-refractivity contribution in [3.05, 3.63) is 83.6 Å². The maximum absolute atomic E-state index is 13.0. The zero-order chi connectivity index (χ0) is 24.8. The Bertz CT molecular complexity index is 1080. The second-order valence-corrected chi connectivity index (χ2v) is 9.05. The molecule has 0 radical (unpaired) electrons. The van der Waals surface area contributed by atoms with E-state index in [9.17, 15) is 18.0 Å². The first-order chi connectivity index (χ1) is 16.8. The molecule has 2 aliphatic rings. The molecule has 1 aromatic heterocycles. The lowest BCUT2D eigenvalue weighted by molar-refractivity contribution is -0.141. The van der Waals surface area contributed by atoms with Crippen molar-refractivity contribution in [3.63, 3.8) is 0 Å². The van der Waals surface area contributed by atoms with Crippen molar-refractivity contribution in [2.45, 2.75) is 63.8 Å². The molecule has 1 saturated carbocycles. The van der Waals surface area contributed by atoms with Gasteiger partial charge in [-0.3, -0.25) is 4.79 Å². The average molecular weight is 487 g/mol. The summed E-state index contributed by atoms with van der Waals surface area (Å²) in [6, 6.07) is 11.5. The second kappa shape index (κ2) is 11.0. The summed E-state index contributed by atoms with van der Waals surface area (Å²) in [6.07, 6.45) is 5.42. The van der Waals surface area contributed by atoms with E-state index < -0.39 is 11.9 Å². The number of aromatic nitrogens is 1. The average Bonchev–Trinajstić information content (AvgIpc) is 2.85. The third kappa shape index (κ3) is 6.87. The van der Waals surface area contributed by atoms with Crippen LogP contribution in [0.4, 0.5) is 13.2 Å². The number of carbonyl (C=O) groups is 1. The zero-order valence-corrected chi connectivity index (χ0v) is 19.6. The summed E-state index contributed by atoms with van der Waals surface area (Å²) in [5.74, 6) is 1.00. The van der Waals surface area contributed by atoms with Gasteiger partial charge in [0.15, 0.2) is 5.76 Å². The third-order valence-corrected chi connectivity index (χ3v) is 6.31. The van der Waals surface area contributed by atoms with Crippen molar-refractivity contribution < 1.29 is 27.4 Å². The van der Waals surface area contributed by atoms with Crippen molar-refractivity contribution in [1.82, 2.24) is 10.3 Å². The van der Waals surface area contributed by atoms with Crippen LogP contribution in [0.15, 0.2) is 66.6 Å². The van der Waals surface area contributed by atoms with E-state index in [1.807, 2.05) is 37.3 Å². The van der Waals surface area contributed by atoms with Crippen LogP contribution in [0.25, 0.3) is 0 Å². The molecule has 186 valence electrons. The normalized spacial score (nSPS) is 21.0. The Labute approximate surface area is 203 Å². The lowest BCUT2D eigenvalue weighted by atomic mass is 9.84. The fourth-order valence-corrected chi connectivity index (χ4v) is 4.51. The topological polar surface area (TPSA) is 60.5 Å². The molecular formula is C27H29F3N2O3.